The van der Waals surface area contributed by atoms with Gasteiger partial charge in [-0.3, -0.25) is 0 Å². The highest BCUT2D eigenvalue weighted by Gasteiger charge is 2.36. The molecule has 9 rings (SSSR count). The van der Waals surface area contributed by atoms with Gasteiger partial charge in [0.05, 0.1) is 21.6 Å². The maximum atomic E-state index is 5.13. The van der Waals surface area contributed by atoms with Crippen molar-refractivity contribution in [3.63, 3.8) is 0 Å². The molecule has 0 radical (unpaired) electrons. The maximum Gasteiger partial charge on any atom is 0.124 e. The van der Waals surface area contributed by atoms with E-state index in [1.54, 1.807) is 11.3 Å². The van der Waals surface area contributed by atoms with Crippen LogP contribution in [0.1, 0.15) is 25.0 Å². The fraction of sp³-hybridized carbons (Fsp3) is 0.0698. The van der Waals surface area contributed by atoms with Crippen molar-refractivity contribution in [2.24, 2.45) is 0 Å². The zero-order chi connectivity index (χ0) is 30.8. The number of benzene rings is 6. The van der Waals surface area contributed by atoms with Gasteiger partial charge in [-0.15, -0.1) is 11.3 Å². The lowest BCUT2D eigenvalue weighted by atomic mass is 9.81. The van der Waals surface area contributed by atoms with Crippen molar-refractivity contribution in [2.45, 2.75) is 19.3 Å². The molecule has 0 unspecified atom stereocenters. The number of rotatable bonds is 4. The summed E-state index contributed by atoms with van der Waals surface area (Å²) in [4.78, 5) is 9.98. The molecular formula is C43H30N2S. The predicted octanol–water partition coefficient (Wildman–Crippen LogP) is 11.8. The van der Waals surface area contributed by atoms with E-state index in [9.17, 15) is 0 Å². The molecule has 0 N–H and O–H groups in total. The highest BCUT2D eigenvalue weighted by atomic mass is 32.1. The molecule has 6 aromatic carbocycles. The molecule has 0 spiro atoms. The van der Waals surface area contributed by atoms with Gasteiger partial charge in [0.15, 0.2) is 0 Å². The molecule has 1 aliphatic rings. The third-order valence-corrected chi connectivity index (χ3v) is 10.6. The molecule has 0 bridgehead atoms. The Balaban J connectivity index is 1.03. The first kappa shape index (κ1) is 27.0. The standard InChI is InChI=1S/C43H30N2S/c1-43(2)36-25-31(28-14-17-29(18-15-28)42-45-40-10-5-6-13-41(40)46-42)20-22-34(36)35-23-21-33(26-37(35)43)39-12-7-11-38(44-39)32-19-16-27-8-3-4-9-30(27)24-32/h3-26H,1-2H3. The number of aromatic nitrogens is 2. The Hall–Kier alpha value is -5.38. The first-order valence-electron chi connectivity index (χ1n) is 15.7. The van der Waals surface area contributed by atoms with Crippen LogP contribution in [0.15, 0.2) is 146 Å². The molecule has 2 nitrogen and oxygen atoms in total. The quantitative estimate of drug-likeness (QED) is 0.199. The summed E-state index contributed by atoms with van der Waals surface area (Å²) in [5.41, 5.74) is 14.1. The van der Waals surface area contributed by atoms with E-state index >= 15 is 0 Å². The monoisotopic (exact) mass is 606 g/mol. The van der Waals surface area contributed by atoms with Gasteiger partial charge in [-0.2, -0.15) is 0 Å². The minimum Gasteiger partial charge on any atom is -0.248 e. The third-order valence-electron chi connectivity index (χ3n) is 9.53. The van der Waals surface area contributed by atoms with E-state index in [4.69, 9.17) is 9.97 Å². The van der Waals surface area contributed by atoms with Crippen LogP contribution in [0.3, 0.4) is 0 Å². The van der Waals surface area contributed by atoms with Gasteiger partial charge in [0.1, 0.15) is 5.01 Å². The van der Waals surface area contributed by atoms with Crippen LogP contribution < -0.4 is 0 Å². The molecule has 218 valence electrons. The zero-order valence-electron chi connectivity index (χ0n) is 25.7. The van der Waals surface area contributed by atoms with Gasteiger partial charge in [0, 0.05) is 22.1 Å². The van der Waals surface area contributed by atoms with Crippen molar-refractivity contribution in [2.75, 3.05) is 0 Å². The summed E-state index contributed by atoms with van der Waals surface area (Å²) in [7, 11) is 0. The van der Waals surface area contributed by atoms with Gasteiger partial charge in [0.2, 0.25) is 0 Å². The summed E-state index contributed by atoms with van der Waals surface area (Å²) in [5.74, 6) is 0. The first-order valence-corrected chi connectivity index (χ1v) is 16.6. The Kier molecular flexibility index (Phi) is 6.06. The highest BCUT2D eigenvalue weighted by molar-refractivity contribution is 7.21. The normalized spacial score (nSPS) is 13.2. The van der Waals surface area contributed by atoms with Crippen molar-refractivity contribution in [3.8, 4) is 55.3 Å². The fourth-order valence-corrected chi connectivity index (χ4v) is 7.95. The lowest BCUT2D eigenvalue weighted by molar-refractivity contribution is 0.661. The van der Waals surface area contributed by atoms with Crippen molar-refractivity contribution >= 4 is 32.3 Å². The second-order valence-electron chi connectivity index (χ2n) is 12.7. The van der Waals surface area contributed by atoms with Crippen molar-refractivity contribution in [3.05, 3.63) is 157 Å². The summed E-state index contributed by atoms with van der Waals surface area (Å²) in [6.45, 7) is 4.70. The topological polar surface area (TPSA) is 25.8 Å². The van der Waals surface area contributed by atoms with Crippen LogP contribution in [-0.2, 0) is 5.41 Å². The van der Waals surface area contributed by atoms with E-state index in [1.165, 1.54) is 48.9 Å². The van der Waals surface area contributed by atoms with Gasteiger partial charge in [0.25, 0.3) is 0 Å². The van der Waals surface area contributed by atoms with E-state index in [-0.39, 0.29) is 5.41 Å². The van der Waals surface area contributed by atoms with Gasteiger partial charge in [-0.1, -0.05) is 117 Å². The van der Waals surface area contributed by atoms with E-state index in [0.29, 0.717) is 0 Å². The Bertz CT molecular complexity index is 2420. The summed E-state index contributed by atoms with van der Waals surface area (Å²) in [5, 5.41) is 3.53. The van der Waals surface area contributed by atoms with Gasteiger partial charge in [-0.05, 0) is 86.6 Å². The first-order chi connectivity index (χ1) is 22.5. The molecule has 0 atom stereocenters. The SMILES string of the molecule is CC1(C)c2cc(-c3ccc(-c4nc5ccccc5s4)cc3)ccc2-c2ccc(-c3cccc(-c4ccc5ccccc5c4)n3)cc21. The minimum absolute atomic E-state index is 0.131. The van der Waals surface area contributed by atoms with Crippen LogP contribution in [0.2, 0.25) is 0 Å². The number of para-hydroxylation sites is 1. The second-order valence-corrected chi connectivity index (χ2v) is 13.7. The lowest BCUT2D eigenvalue weighted by Gasteiger charge is -2.22. The zero-order valence-corrected chi connectivity index (χ0v) is 26.5. The van der Waals surface area contributed by atoms with E-state index in [2.05, 4.69) is 153 Å². The van der Waals surface area contributed by atoms with Crippen molar-refractivity contribution in [1.29, 1.82) is 0 Å². The van der Waals surface area contributed by atoms with E-state index in [1.807, 2.05) is 6.07 Å². The van der Waals surface area contributed by atoms with Gasteiger partial charge >= 0.3 is 0 Å². The molecule has 0 saturated heterocycles. The molecule has 46 heavy (non-hydrogen) atoms. The molecule has 2 aromatic heterocycles. The predicted molar refractivity (Wildman–Crippen MR) is 194 cm³/mol. The Morgan fingerprint density at radius 1 is 0.457 bits per heavy atom. The van der Waals surface area contributed by atoms with E-state index in [0.717, 1.165) is 38.6 Å². The van der Waals surface area contributed by atoms with E-state index < -0.39 is 0 Å². The molecule has 0 aliphatic heterocycles. The molecule has 3 heteroatoms. The summed E-state index contributed by atoms with van der Waals surface area (Å²) in [6, 6.07) is 52.4. The molecule has 8 aromatic rings. The fourth-order valence-electron chi connectivity index (χ4n) is 6.98. The Labute approximate surface area is 272 Å². The molecule has 1 aliphatic carbocycles. The highest BCUT2D eigenvalue weighted by Crippen LogP contribution is 2.50. The summed E-state index contributed by atoms with van der Waals surface area (Å²) >= 11 is 1.74. The van der Waals surface area contributed by atoms with Crippen LogP contribution in [0.25, 0.3) is 76.3 Å². The summed E-state index contributed by atoms with van der Waals surface area (Å²) in [6.07, 6.45) is 0. The largest absolute Gasteiger partial charge is 0.248 e. The number of pyridine rings is 1. The molecule has 0 fully saturated rings. The minimum atomic E-state index is -0.131. The van der Waals surface area contributed by atoms with Crippen molar-refractivity contribution < 1.29 is 0 Å². The molecule has 2 heterocycles. The molecular weight excluding hydrogens is 577 g/mol. The van der Waals surface area contributed by atoms with Gasteiger partial charge in [-0.25, -0.2) is 9.97 Å². The number of hydrogen-bond acceptors (Lipinski definition) is 3. The molecule has 0 amide bonds. The lowest BCUT2D eigenvalue weighted by Crippen LogP contribution is -2.15. The maximum absolute atomic E-state index is 5.13. The average Bonchev–Trinajstić information content (AvgIpc) is 3.64. The summed E-state index contributed by atoms with van der Waals surface area (Å²) < 4.78 is 1.22. The number of hydrogen-bond donors (Lipinski definition) is 0. The number of thiazole rings is 1. The Morgan fingerprint density at radius 3 is 1.80 bits per heavy atom. The number of nitrogens with zero attached hydrogens (tertiary/aromatic N) is 2. The van der Waals surface area contributed by atoms with Crippen LogP contribution in [-0.4, -0.2) is 9.97 Å². The smallest absolute Gasteiger partial charge is 0.124 e. The van der Waals surface area contributed by atoms with Gasteiger partial charge < -0.3 is 0 Å². The van der Waals surface area contributed by atoms with Crippen LogP contribution >= 0.6 is 11.3 Å². The Morgan fingerprint density at radius 2 is 1.04 bits per heavy atom. The average molecular weight is 607 g/mol. The third kappa shape index (κ3) is 4.39. The molecule has 0 saturated carbocycles. The second kappa shape index (κ2) is 10.3. The van der Waals surface area contributed by atoms with Crippen molar-refractivity contribution in [1.82, 2.24) is 9.97 Å². The van der Waals surface area contributed by atoms with Crippen LogP contribution in [0, 0.1) is 0 Å². The number of fused-ring (bicyclic) bond motifs is 5. The van der Waals surface area contributed by atoms with Crippen LogP contribution in [0.4, 0.5) is 0 Å². The van der Waals surface area contributed by atoms with Crippen LogP contribution in [0.5, 0.6) is 0 Å².